The van der Waals surface area contributed by atoms with Gasteiger partial charge in [-0.1, -0.05) is 30.3 Å². The molecule has 104 valence electrons. The van der Waals surface area contributed by atoms with E-state index in [1.165, 1.54) is 5.56 Å². The smallest absolute Gasteiger partial charge is 0.252 e. The predicted molar refractivity (Wildman–Crippen MR) is 79.4 cm³/mol. The molecule has 0 fully saturated rings. The molecule has 1 N–H and O–H groups in total. The molecule has 4 nitrogen and oxygen atoms in total. The van der Waals surface area contributed by atoms with Crippen molar-refractivity contribution in [1.29, 1.82) is 0 Å². The fourth-order valence-corrected chi connectivity index (χ4v) is 2.06. The lowest BCUT2D eigenvalue weighted by molar-refractivity contribution is 0.0941. The van der Waals surface area contributed by atoms with Crippen LogP contribution in [0.2, 0.25) is 0 Å². The minimum atomic E-state index is -0.0964. The third-order valence-corrected chi connectivity index (χ3v) is 3.19. The summed E-state index contributed by atoms with van der Waals surface area (Å²) in [4.78, 5) is 18.1. The maximum atomic E-state index is 12.0. The zero-order valence-electron chi connectivity index (χ0n) is 11.8. The molecule has 0 aliphatic heterocycles. The molecular formula is C16H19N3O. The normalized spacial score (nSPS) is 12.2. The second-order valence-corrected chi connectivity index (χ2v) is 4.84. The molecule has 0 spiro atoms. The van der Waals surface area contributed by atoms with Gasteiger partial charge in [0, 0.05) is 18.9 Å². The van der Waals surface area contributed by atoms with Crippen LogP contribution in [-0.2, 0) is 0 Å². The van der Waals surface area contributed by atoms with Gasteiger partial charge in [0.05, 0.1) is 11.6 Å². The number of likely N-dealkylation sites (N-methyl/N-ethyl adjacent to an activating group) is 1. The van der Waals surface area contributed by atoms with Crippen molar-refractivity contribution in [3.05, 3.63) is 66.0 Å². The number of benzene rings is 1. The Morgan fingerprint density at radius 3 is 2.55 bits per heavy atom. The molecule has 4 heteroatoms. The van der Waals surface area contributed by atoms with E-state index in [1.807, 2.05) is 32.3 Å². The van der Waals surface area contributed by atoms with E-state index in [0.29, 0.717) is 12.1 Å². The zero-order valence-corrected chi connectivity index (χ0v) is 11.8. The maximum Gasteiger partial charge on any atom is 0.252 e. The molecule has 1 atom stereocenters. The first-order valence-electron chi connectivity index (χ1n) is 6.58. The molecule has 2 rings (SSSR count). The van der Waals surface area contributed by atoms with Crippen LogP contribution in [0.4, 0.5) is 0 Å². The molecule has 0 aliphatic rings. The molecule has 1 aromatic heterocycles. The average Bonchev–Trinajstić information content (AvgIpc) is 2.49. The van der Waals surface area contributed by atoms with Crippen LogP contribution in [0.1, 0.15) is 22.0 Å². The van der Waals surface area contributed by atoms with Crippen LogP contribution in [0.5, 0.6) is 0 Å². The summed E-state index contributed by atoms with van der Waals surface area (Å²) in [6, 6.07) is 13.8. The number of pyridine rings is 1. The summed E-state index contributed by atoms with van der Waals surface area (Å²) in [6.07, 6.45) is 3.23. The Morgan fingerprint density at radius 1 is 1.20 bits per heavy atom. The molecule has 1 unspecified atom stereocenters. The second kappa shape index (κ2) is 6.82. The Bertz CT molecular complexity index is 540. The van der Waals surface area contributed by atoms with E-state index in [0.717, 1.165) is 0 Å². The largest absolute Gasteiger partial charge is 0.350 e. The number of hydrogen-bond acceptors (Lipinski definition) is 3. The number of carbonyl (C=O) groups is 1. The van der Waals surface area contributed by atoms with E-state index < -0.39 is 0 Å². The topological polar surface area (TPSA) is 45.2 Å². The van der Waals surface area contributed by atoms with Gasteiger partial charge >= 0.3 is 0 Å². The first-order valence-corrected chi connectivity index (χ1v) is 6.58. The quantitative estimate of drug-likeness (QED) is 0.904. The van der Waals surface area contributed by atoms with Crippen LogP contribution in [-0.4, -0.2) is 36.4 Å². The molecule has 1 amide bonds. The monoisotopic (exact) mass is 269 g/mol. The highest BCUT2D eigenvalue weighted by molar-refractivity contribution is 5.93. The van der Waals surface area contributed by atoms with Crippen molar-refractivity contribution >= 4 is 5.91 Å². The number of aromatic nitrogens is 1. The first-order chi connectivity index (χ1) is 9.68. The van der Waals surface area contributed by atoms with Gasteiger partial charge in [-0.2, -0.15) is 0 Å². The number of amides is 1. The fraction of sp³-hybridized carbons (Fsp3) is 0.250. The van der Waals surface area contributed by atoms with Crippen LogP contribution in [0.15, 0.2) is 54.9 Å². The molecule has 2 aromatic rings. The lowest BCUT2D eigenvalue weighted by atomic mass is 10.1. The van der Waals surface area contributed by atoms with Crippen LogP contribution in [0.25, 0.3) is 0 Å². The van der Waals surface area contributed by atoms with Crippen LogP contribution in [0.3, 0.4) is 0 Å². The van der Waals surface area contributed by atoms with Crippen molar-refractivity contribution in [2.24, 2.45) is 0 Å². The molecule has 20 heavy (non-hydrogen) atoms. The van der Waals surface area contributed by atoms with Gasteiger partial charge in [-0.15, -0.1) is 0 Å². The minimum absolute atomic E-state index is 0.0964. The highest BCUT2D eigenvalue weighted by Crippen LogP contribution is 2.16. The van der Waals surface area contributed by atoms with Crippen LogP contribution >= 0.6 is 0 Å². The van der Waals surface area contributed by atoms with Crippen molar-refractivity contribution in [2.75, 3.05) is 20.6 Å². The fourth-order valence-electron chi connectivity index (χ4n) is 2.06. The van der Waals surface area contributed by atoms with Crippen LogP contribution < -0.4 is 5.32 Å². The molecule has 0 aliphatic carbocycles. The number of carbonyl (C=O) groups excluding carboxylic acids is 1. The van der Waals surface area contributed by atoms with E-state index in [9.17, 15) is 4.79 Å². The molecule has 1 aromatic carbocycles. The predicted octanol–water partition coefficient (Wildman–Crippen LogP) is 2.11. The zero-order chi connectivity index (χ0) is 14.4. The van der Waals surface area contributed by atoms with Gasteiger partial charge in [0.2, 0.25) is 0 Å². The first kappa shape index (κ1) is 14.2. The van der Waals surface area contributed by atoms with Crippen molar-refractivity contribution in [3.63, 3.8) is 0 Å². The van der Waals surface area contributed by atoms with Gasteiger partial charge in [0.25, 0.3) is 5.91 Å². The molecule has 0 radical (unpaired) electrons. The number of hydrogen-bond donors (Lipinski definition) is 1. The third-order valence-electron chi connectivity index (χ3n) is 3.19. The molecular weight excluding hydrogens is 250 g/mol. The molecule has 0 saturated carbocycles. The number of nitrogens with one attached hydrogen (secondary N) is 1. The van der Waals surface area contributed by atoms with Gasteiger partial charge < -0.3 is 10.2 Å². The van der Waals surface area contributed by atoms with E-state index in [2.05, 4.69) is 27.3 Å². The summed E-state index contributed by atoms with van der Waals surface area (Å²) in [7, 11) is 4.02. The standard InChI is InChI=1S/C16H19N3O/c1-19(2)15(13-7-4-3-5-8-13)12-18-16(20)14-9-6-10-17-11-14/h3-11,15H,12H2,1-2H3,(H,18,20). The van der Waals surface area contributed by atoms with Gasteiger partial charge in [0.1, 0.15) is 0 Å². The molecule has 1 heterocycles. The van der Waals surface area contributed by atoms with E-state index in [-0.39, 0.29) is 11.9 Å². The van der Waals surface area contributed by atoms with Crippen LogP contribution in [0, 0.1) is 0 Å². The van der Waals surface area contributed by atoms with Crippen molar-refractivity contribution in [3.8, 4) is 0 Å². The van der Waals surface area contributed by atoms with Gasteiger partial charge in [0.15, 0.2) is 0 Å². The Morgan fingerprint density at radius 2 is 1.95 bits per heavy atom. The highest BCUT2D eigenvalue weighted by atomic mass is 16.1. The van der Waals surface area contributed by atoms with Crippen molar-refractivity contribution < 1.29 is 4.79 Å². The lowest BCUT2D eigenvalue weighted by Crippen LogP contribution is -2.34. The Balaban J connectivity index is 2.02. The lowest BCUT2D eigenvalue weighted by Gasteiger charge is -2.25. The minimum Gasteiger partial charge on any atom is -0.350 e. The molecule has 0 saturated heterocycles. The summed E-state index contributed by atoms with van der Waals surface area (Å²) in [5.74, 6) is -0.0964. The van der Waals surface area contributed by atoms with Gasteiger partial charge in [-0.25, -0.2) is 0 Å². The SMILES string of the molecule is CN(C)C(CNC(=O)c1cccnc1)c1ccccc1. The highest BCUT2D eigenvalue weighted by Gasteiger charge is 2.15. The molecule has 0 bridgehead atoms. The van der Waals surface area contributed by atoms with Crippen molar-refractivity contribution in [1.82, 2.24) is 15.2 Å². The Kier molecular flexibility index (Phi) is 4.85. The average molecular weight is 269 g/mol. The Hall–Kier alpha value is -2.20. The van der Waals surface area contributed by atoms with E-state index >= 15 is 0 Å². The van der Waals surface area contributed by atoms with Crippen molar-refractivity contribution in [2.45, 2.75) is 6.04 Å². The third kappa shape index (κ3) is 3.65. The van der Waals surface area contributed by atoms with E-state index in [1.54, 1.807) is 24.5 Å². The summed E-state index contributed by atoms with van der Waals surface area (Å²) in [5.41, 5.74) is 1.77. The number of rotatable bonds is 5. The summed E-state index contributed by atoms with van der Waals surface area (Å²) in [5, 5.41) is 2.96. The second-order valence-electron chi connectivity index (χ2n) is 4.84. The summed E-state index contributed by atoms with van der Waals surface area (Å²) >= 11 is 0. The maximum absolute atomic E-state index is 12.0. The Labute approximate surface area is 119 Å². The summed E-state index contributed by atoms with van der Waals surface area (Å²) in [6.45, 7) is 0.560. The number of nitrogens with zero attached hydrogens (tertiary/aromatic N) is 2. The van der Waals surface area contributed by atoms with Gasteiger partial charge in [-0.05, 0) is 31.8 Å². The van der Waals surface area contributed by atoms with E-state index in [4.69, 9.17) is 0 Å². The summed E-state index contributed by atoms with van der Waals surface area (Å²) < 4.78 is 0. The van der Waals surface area contributed by atoms with Gasteiger partial charge in [-0.3, -0.25) is 9.78 Å².